The molecular formula is C21H21NO6S. The highest BCUT2D eigenvalue weighted by atomic mass is 32.1. The molecule has 3 rings (SSSR count). The highest BCUT2D eigenvalue weighted by Crippen LogP contribution is 2.33. The summed E-state index contributed by atoms with van der Waals surface area (Å²) in [6.07, 6.45) is 0. The van der Waals surface area contributed by atoms with Gasteiger partial charge in [0.05, 0.1) is 34.1 Å². The zero-order valence-corrected chi connectivity index (χ0v) is 17.4. The summed E-state index contributed by atoms with van der Waals surface area (Å²) in [4.78, 5) is 17.0. The van der Waals surface area contributed by atoms with Gasteiger partial charge in [-0.25, -0.2) is 9.78 Å². The number of esters is 1. The van der Waals surface area contributed by atoms with Crippen molar-refractivity contribution in [3.8, 4) is 33.6 Å². The minimum Gasteiger partial charge on any atom is -0.497 e. The average molecular weight is 415 g/mol. The van der Waals surface area contributed by atoms with Crippen LogP contribution in [-0.2, 0) is 11.3 Å². The van der Waals surface area contributed by atoms with Gasteiger partial charge in [-0.05, 0) is 36.4 Å². The fourth-order valence-corrected chi connectivity index (χ4v) is 3.47. The van der Waals surface area contributed by atoms with Gasteiger partial charge in [0.15, 0.2) is 11.5 Å². The number of nitrogens with zero attached hydrogens (tertiary/aromatic N) is 1. The van der Waals surface area contributed by atoms with Gasteiger partial charge in [0.25, 0.3) is 0 Å². The van der Waals surface area contributed by atoms with E-state index in [1.807, 2.05) is 23.6 Å². The van der Waals surface area contributed by atoms with Crippen LogP contribution in [0.25, 0.3) is 10.6 Å². The van der Waals surface area contributed by atoms with Crippen molar-refractivity contribution in [3.05, 3.63) is 53.0 Å². The van der Waals surface area contributed by atoms with Crippen LogP contribution in [0, 0.1) is 0 Å². The zero-order chi connectivity index (χ0) is 20.8. The molecule has 0 saturated carbocycles. The number of methoxy groups -OCH3 is 4. The van der Waals surface area contributed by atoms with E-state index < -0.39 is 5.97 Å². The number of aromatic nitrogens is 1. The summed E-state index contributed by atoms with van der Waals surface area (Å²) in [5.74, 6) is 1.72. The molecule has 0 aliphatic rings. The van der Waals surface area contributed by atoms with E-state index in [9.17, 15) is 4.79 Å². The standard InChI is InChI=1S/C21H21NO6S/c1-24-15-6-8-17(25-2)16(10-15)21(23)28-11-14-12-29-20(22-14)13-5-7-18(26-3)19(9-13)27-4/h5-10,12H,11H2,1-4H3. The molecule has 2 aromatic carbocycles. The van der Waals surface area contributed by atoms with Gasteiger partial charge >= 0.3 is 5.97 Å². The molecule has 1 heterocycles. The molecule has 0 atom stereocenters. The highest BCUT2D eigenvalue weighted by molar-refractivity contribution is 7.13. The maximum absolute atomic E-state index is 12.5. The number of rotatable bonds is 8. The van der Waals surface area contributed by atoms with E-state index in [1.165, 1.54) is 25.6 Å². The molecule has 29 heavy (non-hydrogen) atoms. The maximum atomic E-state index is 12.5. The van der Waals surface area contributed by atoms with E-state index in [-0.39, 0.29) is 6.61 Å². The van der Waals surface area contributed by atoms with Crippen LogP contribution in [0.2, 0.25) is 0 Å². The molecule has 0 aliphatic heterocycles. The van der Waals surface area contributed by atoms with Gasteiger partial charge in [0.2, 0.25) is 0 Å². The predicted molar refractivity (Wildman–Crippen MR) is 109 cm³/mol. The van der Waals surface area contributed by atoms with E-state index in [4.69, 9.17) is 23.7 Å². The van der Waals surface area contributed by atoms with E-state index >= 15 is 0 Å². The Kier molecular flexibility index (Phi) is 6.56. The molecule has 0 bridgehead atoms. The van der Waals surface area contributed by atoms with Crippen molar-refractivity contribution in [1.29, 1.82) is 0 Å². The second-order valence-electron chi connectivity index (χ2n) is 5.86. The Hall–Kier alpha value is -3.26. The Morgan fingerprint density at radius 2 is 1.62 bits per heavy atom. The molecule has 0 radical (unpaired) electrons. The number of hydrogen-bond acceptors (Lipinski definition) is 8. The Morgan fingerprint density at radius 1 is 0.897 bits per heavy atom. The van der Waals surface area contributed by atoms with Crippen molar-refractivity contribution >= 4 is 17.3 Å². The van der Waals surface area contributed by atoms with Gasteiger partial charge in [0, 0.05) is 10.9 Å². The SMILES string of the molecule is COc1ccc(OC)c(C(=O)OCc2csc(-c3ccc(OC)c(OC)c3)n2)c1. The van der Waals surface area contributed by atoms with Crippen LogP contribution >= 0.6 is 11.3 Å². The van der Waals surface area contributed by atoms with Crippen LogP contribution in [0.15, 0.2) is 41.8 Å². The summed E-state index contributed by atoms with van der Waals surface area (Å²) in [6.45, 7) is 0.0446. The summed E-state index contributed by atoms with van der Waals surface area (Å²) < 4.78 is 26.4. The first-order chi connectivity index (χ1) is 14.1. The summed E-state index contributed by atoms with van der Waals surface area (Å²) in [6, 6.07) is 10.5. The third-order valence-corrected chi connectivity index (χ3v) is 5.10. The third kappa shape index (κ3) is 4.60. The second-order valence-corrected chi connectivity index (χ2v) is 6.71. The van der Waals surface area contributed by atoms with Crippen LogP contribution in [0.1, 0.15) is 16.1 Å². The molecule has 7 nitrogen and oxygen atoms in total. The lowest BCUT2D eigenvalue weighted by atomic mass is 10.2. The minimum atomic E-state index is -0.513. The topological polar surface area (TPSA) is 76.1 Å². The van der Waals surface area contributed by atoms with Gasteiger partial charge in [-0.15, -0.1) is 11.3 Å². The van der Waals surface area contributed by atoms with Gasteiger partial charge < -0.3 is 23.7 Å². The molecule has 0 unspecified atom stereocenters. The second kappa shape index (κ2) is 9.29. The lowest BCUT2D eigenvalue weighted by molar-refractivity contribution is 0.0464. The predicted octanol–water partition coefficient (Wildman–Crippen LogP) is 4.20. The number of ether oxygens (including phenoxy) is 5. The number of hydrogen-bond donors (Lipinski definition) is 0. The fourth-order valence-electron chi connectivity index (χ4n) is 2.67. The van der Waals surface area contributed by atoms with Crippen molar-refractivity contribution in [3.63, 3.8) is 0 Å². The molecule has 3 aromatic rings. The minimum absolute atomic E-state index is 0.0446. The number of carbonyl (C=O) groups excluding carboxylic acids is 1. The molecule has 0 fully saturated rings. The van der Waals surface area contributed by atoms with E-state index in [0.717, 1.165) is 10.6 Å². The summed E-state index contributed by atoms with van der Waals surface area (Å²) in [5.41, 5.74) is 1.83. The molecule has 0 spiro atoms. The van der Waals surface area contributed by atoms with Crippen LogP contribution in [-0.4, -0.2) is 39.4 Å². The van der Waals surface area contributed by atoms with Crippen LogP contribution in [0.5, 0.6) is 23.0 Å². The first kappa shape index (κ1) is 20.5. The van der Waals surface area contributed by atoms with Gasteiger partial charge in [0.1, 0.15) is 28.7 Å². The lowest BCUT2D eigenvalue weighted by Gasteiger charge is -2.10. The summed E-state index contributed by atoms with van der Waals surface area (Å²) in [5, 5.41) is 2.64. The Balaban J connectivity index is 1.72. The first-order valence-electron chi connectivity index (χ1n) is 8.65. The first-order valence-corrected chi connectivity index (χ1v) is 9.53. The van der Waals surface area contributed by atoms with Gasteiger partial charge in [-0.1, -0.05) is 0 Å². The van der Waals surface area contributed by atoms with Crippen molar-refractivity contribution in [1.82, 2.24) is 4.98 Å². The quantitative estimate of drug-likeness (QED) is 0.510. The molecule has 0 amide bonds. The highest BCUT2D eigenvalue weighted by Gasteiger charge is 2.16. The van der Waals surface area contributed by atoms with Gasteiger partial charge in [-0.3, -0.25) is 0 Å². The van der Waals surface area contributed by atoms with Crippen molar-refractivity contribution in [2.45, 2.75) is 6.61 Å². The number of thiazole rings is 1. The Bertz CT molecular complexity index is 1000. The zero-order valence-electron chi connectivity index (χ0n) is 16.6. The molecular weight excluding hydrogens is 394 g/mol. The molecule has 8 heteroatoms. The largest absolute Gasteiger partial charge is 0.497 e. The van der Waals surface area contributed by atoms with Crippen LogP contribution in [0.4, 0.5) is 0 Å². The Labute approximate surface area is 172 Å². The van der Waals surface area contributed by atoms with Crippen molar-refractivity contribution < 1.29 is 28.5 Å². The maximum Gasteiger partial charge on any atom is 0.342 e. The number of benzene rings is 2. The smallest absolute Gasteiger partial charge is 0.342 e. The molecule has 0 N–H and O–H groups in total. The Morgan fingerprint density at radius 3 is 2.31 bits per heavy atom. The molecule has 152 valence electrons. The molecule has 1 aromatic heterocycles. The average Bonchev–Trinajstić information content (AvgIpc) is 3.25. The normalized spacial score (nSPS) is 10.3. The molecule has 0 aliphatic carbocycles. The van der Waals surface area contributed by atoms with Crippen LogP contribution in [0.3, 0.4) is 0 Å². The summed E-state index contributed by atoms with van der Waals surface area (Å²) >= 11 is 1.45. The number of carbonyl (C=O) groups is 1. The third-order valence-electron chi connectivity index (χ3n) is 4.16. The summed E-state index contributed by atoms with van der Waals surface area (Å²) in [7, 11) is 6.20. The van der Waals surface area contributed by atoms with E-state index in [2.05, 4.69) is 4.98 Å². The van der Waals surface area contributed by atoms with E-state index in [0.29, 0.717) is 34.3 Å². The van der Waals surface area contributed by atoms with Gasteiger partial charge in [-0.2, -0.15) is 0 Å². The monoisotopic (exact) mass is 415 g/mol. The van der Waals surface area contributed by atoms with E-state index in [1.54, 1.807) is 32.4 Å². The van der Waals surface area contributed by atoms with Crippen molar-refractivity contribution in [2.24, 2.45) is 0 Å². The van der Waals surface area contributed by atoms with Crippen molar-refractivity contribution in [2.75, 3.05) is 28.4 Å². The lowest BCUT2D eigenvalue weighted by Crippen LogP contribution is -2.07. The fraction of sp³-hybridized carbons (Fsp3) is 0.238. The van der Waals surface area contributed by atoms with Crippen LogP contribution < -0.4 is 18.9 Å². The molecule has 0 saturated heterocycles.